The summed E-state index contributed by atoms with van der Waals surface area (Å²) in [5.41, 5.74) is 2.91. The molecule has 0 aliphatic heterocycles. The van der Waals surface area contributed by atoms with Crippen LogP contribution in [-0.4, -0.2) is 26.4 Å². The Labute approximate surface area is 306 Å². The first-order valence-electron chi connectivity index (χ1n) is 17.2. The van der Waals surface area contributed by atoms with Gasteiger partial charge in [-0.25, -0.2) is 18.1 Å². The number of rotatable bonds is 9. The third-order valence-electron chi connectivity index (χ3n) is 6.03. The maximum absolute atomic E-state index is 11.3. The van der Waals surface area contributed by atoms with Gasteiger partial charge in [-0.15, -0.1) is 6.58 Å². The highest BCUT2D eigenvalue weighted by atomic mass is 32.2. The Kier molecular flexibility index (Phi) is 24.9. The molecule has 0 unspecified atom stereocenters. The Balaban J connectivity index is 0.000000950. The first-order valence-corrected chi connectivity index (χ1v) is 18.7. The van der Waals surface area contributed by atoms with E-state index >= 15 is 0 Å². The molecule has 0 radical (unpaired) electrons. The molecule has 1 aliphatic carbocycles. The molecule has 0 saturated carbocycles. The quantitative estimate of drug-likeness (QED) is 0.172. The van der Waals surface area contributed by atoms with Crippen LogP contribution in [-0.2, 0) is 37.5 Å². The molecule has 5 rings (SSSR count). The van der Waals surface area contributed by atoms with E-state index in [0.717, 1.165) is 46.4 Å². The van der Waals surface area contributed by atoms with Crippen molar-refractivity contribution in [2.45, 2.75) is 79.9 Å². The molecule has 3 aromatic carbocycles. The summed E-state index contributed by atoms with van der Waals surface area (Å²) in [6.07, 6.45) is 10.3. The smallest absolute Gasteiger partial charge is 0.264 e. The second-order valence-electron chi connectivity index (χ2n) is 9.57. The Hall–Kier alpha value is -5.15. The lowest BCUT2D eigenvalue weighted by Crippen LogP contribution is -2.27. The molecule has 276 valence electrons. The number of hydrogen-bond donors (Lipinski definition) is 1. The molecule has 8 nitrogen and oxygen atoms in total. The van der Waals surface area contributed by atoms with Crippen molar-refractivity contribution in [3.8, 4) is 5.75 Å². The van der Waals surface area contributed by atoms with Crippen molar-refractivity contribution in [1.29, 1.82) is 0 Å². The molecular formula is C42H56N2O6S. The Morgan fingerprint density at radius 1 is 0.843 bits per heavy atom. The van der Waals surface area contributed by atoms with Crippen LogP contribution in [0, 0.1) is 0 Å². The topological polar surface area (TPSA) is 104 Å². The molecule has 0 bridgehead atoms. The molecule has 0 spiro atoms. The van der Waals surface area contributed by atoms with Gasteiger partial charge in [0.05, 0.1) is 23.2 Å². The second-order valence-corrected chi connectivity index (χ2v) is 11.3. The van der Waals surface area contributed by atoms with Crippen LogP contribution in [0.15, 0.2) is 144 Å². The summed E-state index contributed by atoms with van der Waals surface area (Å²) in [4.78, 5) is 15.3. The number of nitrogens with one attached hydrogen (secondary N) is 1. The summed E-state index contributed by atoms with van der Waals surface area (Å²) >= 11 is 0. The highest BCUT2D eigenvalue weighted by molar-refractivity contribution is 7.90. The van der Waals surface area contributed by atoms with E-state index in [4.69, 9.17) is 14.2 Å². The Morgan fingerprint density at radius 2 is 1.45 bits per heavy atom. The molecule has 51 heavy (non-hydrogen) atoms. The highest BCUT2D eigenvalue weighted by Crippen LogP contribution is 2.22. The predicted octanol–water partition coefficient (Wildman–Crippen LogP) is 10.5. The van der Waals surface area contributed by atoms with Gasteiger partial charge in [0.15, 0.2) is 0 Å². The van der Waals surface area contributed by atoms with Gasteiger partial charge < -0.3 is 14.2 Å². The van der Waals surface area contributed by atoms with Gasteiger partial charge >= 0.3 is 0 Å². The number of methoxy groups -OCH3 is 1. The molecule has 1 heterocycles. The number of para-hydroxylation sites is 2. The molecule has 0 atom stereocenters. The number of hydrogen-bond acceptors (Lipinski definition) is 7. The molecular weight excluding hydrogens is 661 g/mol. The summed E-state index contributed by atoms with van der Waals surface area (Å²) in [6, 6.07) is 27.8. The number of ether oxygens (including phenoxy) is 3. The van der Waals surface area contributed by atoms with Gasteiger partial charge in [-0.2, -0.15) is 0 Å². The van der Waals surface area contributed by atoms with Crippen LogP contribution in [0.3, 0.4) is 0 Å². The fourth-order valence-corrected chi connectivity index (χ4v) is 5.00. The highest BCUT2D eigenvalue weighted by Gasteiger charge is 2.13. The fraction of sp³-hybridized carbons (Fsp3) is 0.286. The lowest BCUT2D eigenvalue weighted by atomic mass is 10.2. The van der Waals surface area contributed by atoms with Gasteiger partial charge in [-0.05, 0) is 55.5 Å². The third-order valence-corrected chi connectivity index (χ3v) is 7.48. The summed E-state index contributed by atoms with van der Waals surface area (Å²) in [5, 5.41) is 1.13. The van der Waals surface area contributed by atoms with E-state index in [1.807, 2.05) is 126 Å². The zero-order chi connectivity index (χ0) is 38.5. The van der Waals surface area contributed by atoms with Crippen LogP contribution in [0.2, 0.25) is 0 Å². The van der Waals surface area contributed by atoms with E-state index in [1.54, 1.807) is 31.4 Å². The van der Waals surface area contributed by atoms with Gasteiger partial charge in [0.2, 0.25) is 5.91 Å². The Morgan fingerprint density at radius 3 is 2.10 bits per heavy atom. The van der Waals surface area contributed by atoms with Crippen molar-refractivity contribution < 1.29 is 27.4 Å². The minimum absolute atomic E-state index is 0.0881. The van der Waals surface area contributed by atoms with Gasteiger partial charge in [-0.1, -0.05) is 114 Å². The van der Waals surface area contributed by atoms with Crippen molar-refractivity contribution >= 4 is 26.8 Å². The van der Waals surface area contributed by atoms with Crippen LogP contribution in [0.25, 0.3) is 10.9 Å². The zero-order valence-electron chi connectivity index (χ0n) is 31.7. The van der Waals surface area contributed by atoms with E-state index in [2.05, 4.69) is 23.7 Å². The van der Waals surface area contributed by atoms with Gasteiger partial charge in [-0.3, -0.25) is 4.79 Å². The summed E-state index contributed by atoms with van der Waals surface area (Å²) < 4.78 is 41.8. The van der Waals surface area contributed by atoms with Crippen LogP contribution in [0.5, 0.6) is 5.75 Å². The van der Waals surface area contributed by atoms with Crippen LogP contribution in [0.1, 0.15) is 73.1 Å². The number of nitrogens with zero attached hydrogens (tertiary/aromatic N) is 1. The van der Waals surface area contributed by atoms with Gasteiger partial charge in [0.25, 0.3) is 10.0 Å². The van der Waals surface area contributed by atoms with E-state index in [9.17, 15) is 13.2 Å². The molecule has 1 aromatic heterocycles. The first-order chi connectivity index (χ1) is 24.7. The van der Waals surface area contributed by atoms with Gasteiger partial charge in [0.1, 0.15) is 30.5 Å². The van der Waals surface area contributed by atoms with Crippen LogP contribution in [0.4, 0.5) is 0 Å². The second kappa shape index (κ2) is 27.6. The number of amides is 1. The average Bonchev–Trinajstić information content (AvgIpc) is 3.41. The van der Waals surface area contributed by atoms with E-state index < -0.39 is 15.9 Å². The third kappa shape index (κ3) is 17.9. The molecule has 1 amide bonds. The lowest BCUT2D eigenvalue weighted by Gasteiger charge is -2.11. The number of sulfonamides is 1. The first kappa shape index (κ1) is 45.9. The number of fused-ring (bicyclic) bond motifs is 1. The molecule has 9 heteroatoms. The number of carbonyl (C=O) groups excluding carboxylic acids is 1. The van der Waals surface area contributed by atoms with E-state index in [1.165, 1.54) is 12.1 Å². The average molecular weight is 717 g/mol. The van der Waals surface area contributed by atoms with Crippen molar-refractivity contribution in [1.82, 2.24) is 9.71 Å². The van der Waals surface area contributed by atoms with Crippen LogP contribution >= 0.6 is 0 Å². The number of allylic oxidation sites excluding steroid dienone is 5. The number of carbonyl (C=O) groups is 1. The maximum atomic E-state index is 11.3. The lowest BCUT2D eigenvalue weighted by molar-refractivity contribution is -0.117. The SMILES string of the molecule is C=CC.CC.CC.CC.CC(=O)NS(=O)(=O)c1ccccc1.COc1ccccc1COC1=CCC(OCc2ccc3ccccc3n2)=CC=C1. The van der Waals surface area contributed by atoms with Crippen molar-refractivity contribution in [2.75, 3.05) is 7.11 Å². The summed E-state index contributed by atoms with van der Waals surface area (Å²) in [7, 11) is -1.99. The van der Waals surface area contributed by atoms with Crippen molar-refractivity contribution in [2.24, 2.45) is 0 Å². The van der Waals surface area contributed by atoms with Gasteiger partial charge in [0, 0.05) is 24.3 Å². The maximum Gasteiger partial charge on any atom is 0.264 e. The van der Waals surface area contributed by atoms with E-state index in [-0.39, 0.29) is 4.90 Å². The van der Waals surface area contributed by atoms with Crippen molar-refractivity contribution in [3.63, 3.8) is 0 Å². The molecule has 4 aromatic rings. The monoisotopic (exact) mass is 716 g/mol. The minimum atomic E-state index is -3.66. The summed E-state index contributed by atoms with van der Waals surface area (Å²) in [6.45, 7) is 19.3. The standard InChI is InChI=1S/C25H23NO3.C8H9NO3S.C3H6.3C2H6/c1-27-25-12-5-3-8-20(25)17-28-22-9-6-10-23(16-15-22)29-18-21-14-13-19-7-2-4-11-24(19)26-21;1-7(10)9-13(11,12)8-5-3-2-4-6-8;1-3-2;3*1-2/h2-15H,16-18H2,1H3;2-6H,1H3,(H,9,10);3H,1H2,2H3;3*1-2H3. The minimum Gasteiger partial charge on any atom is -0.496 e. The number of pyridine rings is 1. The fourth-order valence-electron chi connectivity index (χ4n) is 3.99. The Bertz CT molecular complexity index is 1760. The van der Waals surface area contributed by atoms with Crippen LogP contribution < -0.4 is 9.46 Å². The predicted molar refractivity (Wildman–Crippen MR) is 212 cm³/mol. The molecule has 1 N–H and O–H groups in total. The largest absolute Gasteiger partial charge is 0.496 e. The number of aromatic nitrogens is 1. The van der Waals surface area contributed by atoms with E-state index in [0.29, 0.717) is 19.6 Å². The zero-order valence-corrected chi connectivity index (χ0v) is 32.5. The number of benzene rings is 3. The summed E-state index contributed by atoms with van der Waals surface area (Å²) in [5.74, 6) is 1.93. The molecule has 0 fully saturated rings. The van der Waals surface area contributed by atoms with Crippen molar-refractivity contribution in [3.05, 3.63) is 151 Å². The molecule has 1 aliphatic rings. The molecule has 0 saturated heterocycles. The normalized spacial score (nSPS) is 11.0.